The van der Waals surface area contributed by atoms with Gasteiger partial charge in [-0.25, -0.2) is 4.39 Å². The van der Waals surface area contributed by atoms with Crippen LogP contribution in [-0.2, 0) is 0 Å². The summed E-state index contributed by atoms with van der Waals surface area (Å²) in [5.41, 5.74) is 0.253. The fourth-order valence-electron chi connectivity index (χ4n) is 1.67. The molecule has 19 heavy (non-hydrogen) atoms. The lowest BCUT2D eigenvalue weighted by atomic mass is 10.0. The molecule has 5 heteroatoms. The summed E-state index contributed by atoms with van der Waals surface area (Å²) >= 11 is 7.88. The van der Waals surface area contributed by atoms with Crippen molar-refractivity contribution in [2.45, 2.75) is 0 Å². The molecule has 0 bridgehead atoms. The number of methoxy groups -OCH3 is 1. The first-order chi connectivity index (χ1) is 9.02. The highest BCUT2D eigenvalue weighted by atomic mass is 127. The Bertz CT molecular complexity index is 643. The zero-order valence-corrected chi connectivity index (χ0v) is 12.8. The molecule has 0 N–H and O–H groups in total. The van der Waals surface area contributed by atoms with Gasteiger partial charge in [-0.05, 0) is 59.0 Å². The van der Waals surface area contributed by atoms with E-state index in [-0.39, 0.29) is 5.56 Å². The summed E-state index contributed by atoms with van der Waals surface area (Å²) in [4.78, 5) is 12.4. The third-order valence-corrected chi connectivity index (χ3v) is 3.49. The van der Waals surface area contributed by atoms with E-state index < -0.39 is 11.6 Å². The van der Waals surface area contributed by atoms with Crippen LogP contribution in [0.5, 0.6) is 5.75 Å². The molecule has 0 heterocycles. The Hall–Kier alpha value is -1.14. The average Bonchev–Trinajstić information content (AvgIpc) is 2.40. The van der Waals surface area contributed by atoms with Gasteiger partial charge in [-0.1, -0.05) is 11.6 Å². The molecule has 0 aliphatic rings. The van der Waals surface area contributed by atoms with E-state index >= 15 is 0 Å². The first-order valence-corrected chi connectivity index (χ1v) is 6.82. The van der Waals surface area contributed by atoms with Gasteiger partial charge in [0, 0.05) is 8.59 Å². The maximum Gasteiger partial charge on any atom is 0.199 e. The third-order valence-electron chi connectivity index (χ3n) is 2.58. The van der Waals surface area contributed by atoms with Crippen molar-refractivity contribution in [1.29, 1.82) is 0 Å². The number of ketones is 1. The Balaban J connectivity index is 2.55. The molecule has 2 nitrogen and oxygen atoms in total. The van der Waals surface area contributed by atoms with Gasteiger partial charge < -0.3 is 4.74 Å². The predicted octanol–water partition coefficient (Wildman–Crippen LogP) is 4.32. The standard InChI is InChI=1S/C14H9ClFIO2/c1-19-13-5-3-9(17)7-11(13)14(18)10-6-8(15)2-4-12(10)16/h2-7H,1H3. The van der Waals surface area contributed by atoms with Crippen molar-refractivity contribution < 1.29 is 13.9 Å². The van der Waals surface area contributed by atoms with Crippen molar-refractivity contribution in [1.82, 2.24) is 0 Å². The SMILES string of the molecule is COc1ccc(I)cc1C(=O)c1cc(Cl)ccc1F. The Morgan fingerprint density at radius 1 is 1.21 bits per heavy atom. The first kappa shape index (κ1) is 14.3. The van der Waals surface area contributed by atoms with Crippen LogP contribution in [0.25, 0.3) is 0 Å². The third kappa shape index (κ3) is 3.06. The molecule has 98 valence electrons. The molecule has 0 aliphatic carbocycles. The zero-order valence-electron chi connectivity index (χ0n) is 9.91. The van der Waals surface area contributed by atoms with Crippen LogP contribution in [0.2, 0.25) is 5.02 Å². The maximum atomic E-state index is 13.7. The molecular formula is C14H9ClFIO2. The number of carbonyl (C=O) groups excluding carboxylic acids is 1. The maximum absolute atomic E-state index is 13.7. The molecule has 0 unspecified atom stereocenters. The zero-order chi connectivity index (χ0) is 14.0. The number of halogens is 3. The summed E-state index contributed by atoms with van der Waals surface area (Å²) in [6.07, 6.45) is 0. The molecule has 0 spiro atoms. The van der Waals surface area contributed by atoms with Crippen LogP contribution >= 0.6 is 34.2 Å². The van der Waals surface area contributed by atoms with Crippen molar-refractivity contribution in [3.05, 3.63) is 61.9 Å². The lowest BCUT2D eigenvalue weighted by Gasteiger charge is -2.09. The Morgan fingerprint density at radius 3 is 2.63 bits per heavy atom. The molecule has 0 atom stereocenters. The fraction of sp³-hybridized carbons (Fsp3) is 0.0714. The predicted molar refractivity (Wildman–Crippen MR) is 80.6 cm³/mol. The van der Waals surface area contributed by atoms with Gasteiger partial charge >= 0.3 is 0 Å². The van der Waals surface area contributed by atoms with E-state index in [9.17, 15) is 9.18 Å². The van der Waals surface area contributed by atoms with Crippen LogP contribution in [0.1, 0.15) is 15.9 Å². The van der Waals surface area contributed by atoms with Gasteiger partial charge in [0.05, 0.1) is 18.2 Å². The van der Waals surface area contributed by atoms with E-state index in [0.717, 1.165) is 3.57 Å². The van der Waals surface area contributed by atoms with Crippen molar-refractivity contribution >= 4 is 40.0 Å². The summed E-state index contributed by atoms with van der Waals surface area (Å²) in [5.74, 6) is -0.643. The fourth-order valence-corrected chi connectivity index (χ4v) is 2.34. The average molecular weight is 391 g/mol. The highest BCUT2D eigenvalue weighted by Crippen LogP contribution is 2.26. The summed E-state index contributed by atoms with van der Waals surface area (Å²) in [5, 5.41) is 0.314. The van der Waals surface area contributed by atoms with Gasteiger partial charge in [0.25, 0.3) is 0 Å². The smallest absolute Gasteiger partial charge is 0.199 e. The highest BCUT2D eigenvalue weighted by Gasteiger charge is 2.18. The molecule has 0 saturated heterocycles. The van der Waals surface area contributed by atoms with E-state index in [1.165, 1.54) is 25.3 Å². The van der Waals surface area contributed by atoms with Crippen LogP contribution in [0, 0.1) is 9.39 Å². The van der Waals surface area contributed by atoms with E-state index in [2.05, 4.69) is 22.6 Å². The molecule has 0 aliphatic heterocycles. The molecule has 0 fully saturated rings. The number of hydrogen-bond acceptors (Lipinski definition) is 2. The minimum absolute atomic E-state index is 0.0622. The summed E-state index contributed by atoms with van der Waals surface area (Å²) in [6, 6.07) is 9.04. The number of ether oxygens (including phenoxy) is 1. The summed E-state index contributed by atoms with van der Waals surface area (Å²) in [6.45, 7) is 0. The molecule has 0 aromatic heterocycles. The van der Waals surface area contributed by atoms with Gasteiger partial charge in [0.1, 0.15) is 11.6 Å². The second kappa shape index (κ2) is 5.88. The van der Waals surface area contributed by atoms with Gasteiger partial charge in [0.15, 0.2) is 5.78 Å². The molecule has 2 aromatic carbocycles. The van der Waals surface area contributed by atoms with E-state index in [1.807, 2.05) is 6.07 Å². The monoisotopic (exact) mass is 390 g/mol. The summed E-state index contributed by atoms with van der Waals surface area (Å²) < 4.78 is 19.7. The van der Waals surface area contributed by atoms with Crippen molar-refractivity contribution in [2.75, 3.05) is 7.11 Å². The quantitative estimate of drug-likeness (QED) is 0.576. The second-order valence-electron chi connectivity index (χ2n) is 3.80. The van der Waals surface area contributed by atoms with Crippen molar-refractivity contribution in [3.8, 4) is 5.75 Å². The molecule has 0 radical (unpaired) electrons. The normalized spacial score (nSPS) is 10.3. The number of rotatable bonds is 3. The molecule has 2 aromatic rings. The minimum Gasteiger partial charge on any atom is -0.496 e. The van der Waals surface area contributed by atoms with Crippen molar-refractivity contribution in [2.24, 2.45) is 0 Å². The van der Waals surface area contributed by atoms with Gasteiger partial charge in [-0.15, -0.1) is 0 Å². The van der Waals surface area contributed by atoms with Gasteiger partial charge in [0.2, 0.25) is 0 Å². The van der Waals surface area contributed by atoms with Crippen LogP contribution in [0.3, 0.4) is 0 Å². The van der Waals surface area contributed by atoms with Gasteiger partial charge in [-0.2, -0.15) is 0 Å². The molecular weight excluding hydrogens is 382 g/mol. The Labute approximate surface area is 128 Å². The van der Waals surface area contributed by atoms with E-state index in [0.29, 0.717) is 16.3 Å². The summed E-state index contributed by atoms with van der Waals surface area (Å²) in [7, 11) is 1.47. The molecule has 0 amide bonds. The number of hydrogen-bond donors (Lipinski definition) is 0. The van der Waals surface area contributed by atoms with Crippen LogP contribution < -0.4 is 4.74 Å². The minimum atomic E-state index is -0.602. The largest absolute Gasteiger partial charge is 0.496 e. The molecule has 0 saturated carbocycles. The van der Waals surface area contributed by atoms with E-state index in [4.69, 9.17) is 16.3 Å². The van der Waals surface area contributed by atoms with Crippen molar-refractivity contribution in [3.63, 3.8) is 0 Å². The number of benzene rings is 2. The molecule has 2 rings (SSSR count). The van der Waals surface area contributed by atoms with Crippen LogP contribution in [0.15, 0.2) is 36.4 Å². The van der Waals surface area contributed by atoms with Crippen LogP contribution in [0.4, 0.5) is 4.39 Å². The number of carbonyl (C=O) groups is 1. The topological polar surface area (TPSA) is 26.3 Å². The lowest BCUT2D eigenvalue weighted by molar-refractivity contribution is 0.103. The highest BCUT2D eigenvalue weighted by molar-refractivity contribution is 14.1. The first-order valence-electron chi connectivity index (χ1n) is 5.36. The Morgan fingerprint density at radius 2 is 1.95 bits per heavy atom. The van der Waals surface area contributed by atoms with Gasteiger partial charge in [-0.3, -0.25) is 4.79 Å². The lowest BCUT2D eigenvalue weighted by Crippen LogP contribution is -2.06. The van der Waals surface area contributed by atoms with Crippen LogP contribution in [-0.4, -0.2) is 12.9 Å². The van der Waals surface area contributed by atoms with E-state index in [1.54, 1.807) is 12.1 Å². The Kier molecular flexibility index (Phi) is 4.42. The second-order valence-corrected chi connectivity index (χ2v) is 5.48.